The number of para-hydroxylation sites is 3. The van der Waals surface area contributed by atoms with E-state index < -0.39 is 10.8 Å². The number of benzene rings is 3. The van der Waals surface area contributed by atoms with Crippen molar-refractivity contribution in [3.63, 3.8) is 0 Å². The first-order valence-corrected chi connectivity index (χ1v) is 10.0. The third-order valence-corrected chi connectivity index (χ3v) is 5.51. The SMILES string of the molecule is O=C(COc1ccccc1[N+](=O)[O-])Nc1ccc(Cl)cc1-c1nc2ccccc2s1. The molecule has 0 radical (unpaired) electrons. The van der Waals surface area contributed by atoms with Crippen LogP contribution in [0.4, 0.5) is 11.4 Å². The number of hydrogen-bond acceptors (Lipinski definition) is 6. The number of nitrogens with one attached hydrogen (secondary N) is 1. The fraction of sp³-hybridized carbons (Fsp3) is 0.0476. The van der Waals surface area contributed by atoms with Crippen LogP contribution in [0.2, 0.25) is 5.02 Å². The summed E-state index contributed by atoms with van der Waals surface area (Å²) in [7, 11) is 0. The van der Waals surface area contributed by atoms with E-state index in [1.165, 1.54) is 29.5 Å². The molecule has 0 fully saturated rings. The third-order valence-electron chi connectivity index (χ3n) is 4.20. The topological polar surface area (TPSA) is 94.4 Å². The van der Waals surface area contributed by atoms with E-state index in [2.05, 4.69) is 10.3 Å². The molecular weight excluding hydrogens is 426 g/mol. The zero-order valence-corrected chi connectivity index (χ0v) is 16.9. The van der Waals surface area contributed by atoms with E-state index in [9.17, 15) is 14.9 Å². The molecule has 7 nitrogen and oxygen atoms in total. The van der Waals surface area contributed by atoms with E-state index in [-0.39, 0.29) is 18.0 Å². The van der Waals surface area contributed by atoms with Crippen molar-refractivity contribution >= 4 is 50.4 Å². The lowest BCUT2D eigenvalue weighted by Gasteiger charge is -2.11. The van der Waals surface area contributed by atoms with Gasteiger partial charge >= 0.3 is 5.69 Å². The molecule has 150 valence electrons. The normalized spacial score (nSPS) is 10.7. The van der Waals surface area contributed by atoms with Gasteiger partial charge in [0.2, 0.25) is 0 Å². The van der Waals surface area contributed by atoms with Gasteiger partial charge in [-0.1, -0.05) is 35.9 Å². The molecular formula is C21H14ClN3O4S. The summed E-state index contributed by atoms with van der Waals surface area (Å²) in [6, 6.07) is 18.7. The zero-order valence-electron chi connectivity index (χ0n) is 15.4. The predicted molar refractivity (Wildman–Crippen MR) is 117 cm³/mol. The van der Waals surface area contributed by atoms with Gasteiger partial charge in [-0.25, -0.2) is 4.98 Å². The van der Waals surface area contributed by atoms with E-state index >= 15 is 0 Å². The molecule has 9 heteroatoms. The first-order chi connectivity index (χ1) is 14.5. The molecule has 0 unspecified atom stereocenters. The lowest BCUT2D eigenvalue weighted by Crippen LogP contribution is -2.20. The minimum Gasteiger partial charge on any atom is -0.477 e. The van der Waals surface area contributed by atoms with Gasteiger partial charge in [0.05, 0.1) is 20.8 Å². The standard InChI is InChI=1S/C21H14ClN3O4S/c22-13-9-10-15(14(11-13)21-24-16-5-1-4-8-19(16)30-21)23-20(26)12-29-18-7-3-2-6-17(18)25(27)28/h1-11H,12H2,(H,23,26). The number of anilines is 1. The van der Waals surface area contributed by atoms with Gasteiger partial charge < -0.3 is 10.1 Å². The Balaban J connectivity index is 1.55. The number of rotatable bonds is 6. The van der Waals surface area contributed by atoms with E-state index in [0.29, 0.717) is 21.3 Å². The van der Waals surface area contributed by atoms with Crippen molar-refractivity contribution in [1.82, 2.24) is 4.98 Å². The molecule has 1 amide bonds. The van der Waals surface area contributed by atoms with Gasteiger partial charge in [0.15, 0.2) is 12.4 Å². The number of halogens is 1. The van der Waals surface area contributed by atoms with Crippen LogP contribution in [-0.4, -0.2) is 22.4 Å². The second-order valence-corrected chi connectivity index (χ2v) is 7.71. The van der Waals surface area contributed by atoms with E-state index in [1.807, 2.05) is 24.3 Å². The average molecular weight is 440 g/mol. The highest BCUT2D eigenvalue weighted by Gasteiger charge is 2.17. The highest BCUT2D eigenvalue weighted by Crippen LogP contribution is 2.36. The summed E-state index contributed by atoms with van der Waals surface area (Å²) in [5.41, 5.74) is 1.86. The van der Waals surface area contributed by atoms with Gasteiger partial charge in [0, 0.05) is 16.7 Å². The number of carbonyl (C=O) groups is 1. The van der Waals surface area contributed by atoms with Crippen molar-refractivity contribution in [3.8, 4) is 16.3 Å². The van der Waals surface area contributed by atoms with Crippen molar-refractivity contribution in [3.05, 3.63) is 81.9 Å². The average Bonchev–Trinajstić information content (AvgIpc) is 3.18. The maximum absolute atomic E-state index is 12.5. The molecule has 0 saturated carbocycles. The Bertz CT molecular complexity index is 1220. The van der Waals surface area contributed by atoms with Crippen LogP contribution in [0.15, 0.2) is 66.7 Å². The monoisotopic (exact) mass is 439 g/mol. The number of amides is 1. The van der Waals surface area contributed by atoms with Gasteiger partial charge in [0.1, 0.15) is 5.01 Å². The Morgan fingerprint density at radius 1 is 1.13 bits per heavy atom. The molecule has 0 saturated heterocycles. The molecule has 1 N–H and O–H groups in total. The first-order valence-electron chi connectivity index (χ1n) is 8.83. The fourth-order valence-electron chi connectivity index (χ4n) is 2.85. The molecule has 0 atom stereocenters. The number of carbonyl (C=O) groups excluding carboxylic acids is 1. The molecule has 1 aromatic heterocycles. The maximum atomic E-state index is 12.5. The van der Waals surface area contributed by atoms with Crippen molar-refractivity contribution in [2.75, 3.05) is 11.9 Å². The number of fused-ring (bicyclic) bond motifs is 1. The van der Waals surface area contributed by atoms with E-state index in [1.54, 1.807) is 24.3 Å². The largest absolute Gasteiger partial charge is 0.477 e. The van der Waals surface area contributed by atoms with Crippen LogP contribution in [0.1, 0.15) is 0 Å². The fourth-order valence-corrected chi connectivity index (χ4v) is 4.02. The molecule has 0 aliphatic rings. The molecule has 4 rings (SSSR count). The van der Waals surface area contributed by atoms with Crippen LogP contribution in [0.25, 0.3) is 20.8 Å². The number of hydrogen-bond donors (Lipinski definition) is 1. The van der Waals surface area contributed by atoms with Crippen molar-refractivity contribution in [2.24, 2.45) is 0 Å². The van der Waals surface area contributed by atoms with Crippen molar-refractivity contribution in [2.45, 2.75) is 0 Å². The number of thiazole rings is 1. The Hall–Kier alpha value is -3.49. The summed E-state index contributed by atoms with van der Waals surface area (Å²) < 4.78 is 6.38. The van der Waals surface area contributed by atoms with Crippen LogP contribution < -0.4 is 10.1 Å². The summed E-state index contributed by atoms with van der Waals surface area (Å²) in [6.07, 6.45) is 0. The number of aromatic nitrogens is 1. The summed E-state index contributed by atoms with van der Waals surface area (Å²) in [6.45, 7) is -0.382. The van der Waals surface area contributed by atoms with Crippen LogP contribution >= 0.6 is 22.9 Å². The zero-order chi connectivity index (χ0) is 21.1. The van der Waals surface area contributed by atoms with Crippen molar-refractivity contribution < 1.29 is 14.5 Å². The molecule has 4 aromatic rings. The van der Waals surface area contributed by atoms with Crippen LogP contribution in [0, 0.1) is 10.1 Å². The Morgan fingerprint density at radius 2 is 1.90 bits per heavy atom. The maximum Gasteiger partial charge on any atom is 0.310 e. The summed E-state index contributed by atoms with van der Waals surface area (Å²) in [4.78, 5) is 27.6. The minimum absolute atomic E-state index is 0.0279. The van der Waals surface area contributed by atoms with Gasteiger partial charge in [-0.3, -0.25) is 14.9 Å². The number of nitro groups is 1. The van der Waals surface area contributed by atoms with Crippen molar-refractivity contribution in [1.29, 1.82) is 0 Å². The summed E-state index contributed by atoms with van der Waals surface area (Å²) in [5, 5.41) is 15.1. The molecule has 0 spiro atoms. The first kappa shape index (κ1) is 19.8. The smallest absolute Gasteiger partial charge is 0.310 e. The number of nitro benzene ring substituents is 1. The minimum atomic E-state index is -0.558. The molecule has 1 heterocycles. The predicted octanol–water partition coefficient (Wildman–Crippen LogP) is 5.54. The van der Waals surface area contributed by atoms with Crippen LogP contribution in [0.3, 0.4) is 0 Å². The molecule has 3 aromatic carbocycles. The molecule has 30 heavy (non-hydrogen) atoms. The van der Waals surface area contributed by atoms with Gasteiger partial charge in [-0.05, 0) is 36.4 Å². The lowest BCUT2D eigenvalue weighted by atomic mass is 10.2. The highest BCUT2D eigenvalue weighted by molar-refractivity contribution is 7.21. The van der Waals surface area contributed by atoms with Crippen LogP contribution in [0.5, 0.6) is 5.75 Å². The van der Waals surface area contributed by atoms with E-state index in [4.69, 9.17) is 16.3 Å². The Labute approximate surface area is 180 Å². The quantitative estimate of drug-likeness (QED) is 0.314. The highest BCUT2D eigenvalue weighted by atomic mass is 35.5. The molecule has 0 aliphatic carbocycles. The molecule has 0 bridgehead atoms. The van der Waals surface area contributed by atoms with E-state index in [0.717, 1.165) is 10.2 Å². The number of nitrogens with zero attached hydrogens (tertiary/aromatic N) is 2. The summed E-state index contributed by atoms with van der Waals surface area (Å²) in [5.74, 6) is -0.432. The number of ether oxygens (including phenoxy) is 1. The van der Waals surface area contributed by atoms with Gasteiger partial charge in [0.25, 0.3) is 5.91 Å². The Morgan fingerprint density at radius 3 is 2.70 bits per heavy atom. The van der Waals surface area contributed by atoms with Gasteiger partial charge in [-0.2, -0.15) is 0 Å². The van der Waals surface area contributed by atoms with Crippen LogP contribution in [-0.2, 0) is 4.79 Å². The van der Waals surface area contributed by atoms with Gasteiger partial charge in [-0.15, -0.1) is 11.3 Å². The molecule has 0 aliphatic heterocycles. The third kappa shape index (κ3) is 4.24. The second kappa shape index (κ2) is 8.48. The Kier molecular flexibility index (Phi) is 5.60. The summed E-state index contributed by atoms with van der Waals surface area (Å²) >= 11 is 7.65. The second-order valence-electron chi connectivity index (χ2n) is 6.24. The lowest BCUT2D eigenvalue weighted by molar-refractivity contribution is -0.385.